The van der Waals surface area contributed by atoms with Gasteiger partial charge in [-0.25, -0.2) is 12.7 Å². The number of nitrogens with one attached hydrogen (secondary N) is 1. The van der Waals surface area contributed by atoms with E-state index in [0.29, 0.717) is 17.4 Å². The molecule has 1 N–H and O–H groups in total. The highest BCUT2D eigenvalue weighted by atomic mass is 32.2. The van der Waals surface area contributed by atoms with Crippen molar-refractivity contribution in [3.8, 4) is 0 Å². The third-order valence-corrected chi connectivity index (χ3v) is 7.02. The standard InChI is InChI=1S/C17H25N3O3S/c1-19(2)24(22,23)16-5-3-13(4-6-16)17(21)20-9-7-14-11-18-12-15(14)8-10-20/h3-6,14-15,18H,7-12H2,1-2H3/t14-,15+. The van der Waals surface area contributed by atoms with E-state index in [1.165, 1.54) is 30.5 Å². The largest absolute Gasteiger partial charge is 0.339 e. The minimum absolute atomic E-state index is 0.00302. The van der Waals surface area contributed by atoms with Gasteiger partial charge in [0, 0.05) is 32.7 Å². The Morgan fingerprint density at radius 3 is 2.12 bits per heavy atom. The molecule has 0 radical (unpaired) electrons. The summed E-state index contributed by atoms with van der Waals surface area (Å²) in [5.74, 6) is 1.35. The molecule has 7 heteroatoms. The molecule has 2 heterocycles. The van der Waals surface area contributed by atoms with E-state index in [-0.39, 0.29) is 10.8 Å². The molecule has 2 saturated heterocycles. The van der Waals surface area contributed by atoms with Crippen LogP contribution in [-0.2, 0) is 10.0 Å². The van der Waals surface area contributed by atoms with Crippen molar-refractivity contribution in [2.45, 2.75) is 17.7 Å². The number of amides is 1. The second-order valence-electron chi connectivity index (χ2n) is 6.86. The summed E-state index contributed by atoms with van der Waals surface area (Å²) in [4.78, 5) is 14.8. The number of carbonyl (C=O) groups excluding carboxylic acids is 1. The normalized spacial score (nSPS) is 24.7. The number of likely N-dealkylation sites (tertiary alicyclic amines) is 1. The van der Waals surface area contributed by atoms with Crippen LogP contribution >= 0.6 is 0 Å². The third kappa shape index (κ3) is 3.34. The van der Waals surface area contributed by atoms with Gasteiger partial charge in [0.1, 0.15) is 0 Å². The van der Waals surface area contributed by atoms with Crippen LogP contribution in [0.15, 0.2) is 29.2 Å². The second-order valence-corrected chi connectivity index (χ2v) is 9.01. The van der Waals surface area contributed by atoms with Gasteiger partial charge >= 0.3 is 0 Å². The number of hydrogen-bond donors (Lipinski definition) is 1. The Labute approximate surface area is 143 Å². The van der Waals surface area contributed by atoms with E-state index in [4.69, 9.17) is 0 Å². The number of fused-ring (bicyclic) bond motifs is 1. The van der Waals surface area contributed by atoms with Crippen LogP contribution in [0.2, 0.25) is 0 Å². The average molecular weight is 351 g/mol. The van der Waals surface area contributed by atoms with Crippen LogP contribution in [0, 0.1) is 11.8 Å². The van der Waals surface area contributed by atoms with Crippen LogP contribution in [0.3, 0.4) is 0 Å². The van der Waals surface area contributed by atoms with Gasteiger partial charge < -0.3 is 10.2 Å². The lowest BCUT2D eigenvalue weighted by molar-refractivity contribution is 0.0758. The molecule has 0 saturated carbocycles. The lowest BCUT2D eigenvalue weighted by Gasteiger charge is -2.21. The summed E-state index contributed by atoms with van der Waals surface area (Å²) in [5.41, 5.74) is 0.554. The SMILES string of the molecule is CN(C)S(=O)(=O)c1ccc(C(=O)N2CC[C@@H]3CNC[C@@H]3CC2)cc1. The van der Waals surface area contributed by atoms with Crippen LogP contribution in [0.4, 0.5) is 0 Å². The number of carbonyl (C=O) groups is 1. The molecule has 1 amide bonds. The zero-order valence-electron chi connectivity index (χ0n) is 14.2. The number of hydrogen-bond acceptors (Lipinski definition) is 4. The van der Waals surface area contributed by atoms with E-state index < -0.39 is 10.0 Å². The summed E-state index contributed by atoms with van der Waals surface area (Å²) in [7, 11) is -0.464. The molecule has 132 valence electrons. The third-order valence-electron chi connectivity index (χ3n) is 5.19. The molecule has 0 bridgehead atoms. The Hall–Kier alpha value is -1.44. The highest BCUT2D eigenvalue weighted by Crippen LogP contribution is 2.27. The summed E-state index contributed by atoms with van der Waals surface area (Å²) in [6, 6.07) is 6.26. The Bertz CT molecular complexity index is 686. The van der Waals surface area contributed by atoms with Crippen LogP contribution < -0.4 is 5.32 Å². The predicted molar refractivity (Wildman–Crippen MR) is 92.3 cm³/mol. The molecule has 24 heavy (non-hydrogen) atoms. The van der Waals surface area contributed by atoms with Gasteiger partial charge in [-0.2, -0.15) is 0 Å². The number of benzene rings is 1. The molecule has 1 aromatic carbocycles. The summed E-state index contributed by atoms with van der Waals surface area (Å²) >= 11 is 0. The van der Waals surface area contributed by atoms with Crippen molar-refractivity contribution in [1.82, 2.24) is 14.5 Å². The molecule has 2 aliphatic heterocycles. The number of rotatable bonds is 3. The summed E-state index contributed by atoms with van der Waals surface area (Å²) in [6.45, 7) is 3.67. The van der Waals surface area contributed by atoms with Crippen molar-refractivity contribution in [2.75, 3.05) is 40.3 Å². The van der Waals surface area contributed by atoms with Crippen molar-refractivity contribution >= 4 is 15.9 Å². The predicted octanol–water partition coefficient (Wildman–Crippen LogP) is 1.01. The van der Waals surface area contributed by atoms with Crippen molar-refractivity contribution in [3.05, 3.63) is 29.8 Å². The molecule has 0 unspecified atom stereocenters. The lowest BCUT2D eigenvalue weighted by atomic mass is 9.92. The molecule has 3 rings (SSSR count). The van der Waals surface area contributed by atoms with Gasteiger partial charge in [-0.3, -0.25) is 4.79 Å². The van der Waals surface area contributed by atoms with Gasteiger partial charge in [-0.1, -0.05) is 0 Å². The van der Waals surface area contributed by atoms with Gasteiger partial charge in [0.2, 0.25) is 10.0 Å². The number of sulfonamides is 1. The molecule has 6 nitrogen and oxygen atoms in total. The van der Waals surface area contributed by atoms with Gasteiger partial charge in [-0.15, -0.1) is 0 Å². The van der Waals surface area contributed by atoms with Crippen LogP contribution in [-0.4, -0.2) is 63.8 Å². The molecule has 2 fully saturated rings. The molecular weight excluding hydrogens is 326 g/mol. The molecule has 1 aromatic rings. The quantitative estimate of drug-likeness (QED) is 0.882. The van der Waals surface area contributed by atoms with E-state index in [1.807, 2.05) is 4.90 Å². The Kier molecular flexibility index (Phi) is 4.94. The summed E-state index contributed by atoms with van der Waals surface area (Å²) in [5, 5.41) is 3.43. The van der Waals surface area contributed by atoms with Crippen molar-refractivity contribution in [3.63, 3.8) is 0 Å². The topological polar surface area (TPSA) is 69.7 Å². The maximum Gasteiger partial charge on any atom is 0.253 e. The first kappa shape index (κ1) is 17.4. The van der Waals surface area contributed by atoms with Gasteiger partial charge in [0.25, 0.3) is 5.91 Å². The molecule has 2 aliphatic rings. The molecule has 0 spiro atoms. The molecule has 2 atom stereocenters. The molecule has 0 aliphatic carbocycles. The molecule has 0 aromatic heterocycles. The van der Waals surface area contributed by atoms with Gasteiger partial charge in [0.05, 0.1) is 4.90 Å². The Balaban J connectivity index is 1.71. The van der Waals surface area contributed by atoms with Crippen molar-refractivity contribution in [1.29, 1.82) is 0 Å². The average Bonchev–Trinajstić information content (AvgIpc) is 2.93. The fraction of sp³-hybridized carbons (Fsp3) is 0.588. The maximum absolute atomic E-state index is 12.7. The van der Waals surface area contributed by atoms with Crippen molar-refractivity contribution in [2.24, 2.45) is 11.8 Å². The first-order chi connectivity index (χ1) is 11.4. The summed E-state index contributed by atoms with van der Waals surface area (Å²) in [6.07, 6.45) is 2.08. The van der Waals surface area contributed by atoms with E-state index >= 15 is 0 Å². The maximum atomic E-state index is 12.7. The fourth-order valence-electron chi connectivity index (χ4n) is 3.58. The zero-order valence-corrected chi connectivity index (χ0v) is 15.1. The second kappa shape index (κ2) is 6.82. The van der Waals surface area contributed by atoms with Gasteiger partial charge in [-0.05, 0) is 62.0 Å². The minimum Gasteiger partial charge on any atom is -0.339 e. The minimum atomic E-state index is -3.46. The smallest absolute Gasteiger partial charge is 0.253 e. The van der Waals surface area contributed by atoms with Crippen LogP contribution in [0.1, 0.15) is 23.2 Å². The van der Waals surface area contributed by atoms with Crippen molar-refractivity contribution < 1.29 is 13.2 Å². The first-order valence-electron chi connectivity index (χ1n) is 8.42. The Morgan fingerprint density at radius 1 is 1.08 bits per heavy atom. The van der Waals surface area contributed by atoms with E-state index in [9.17, 15) is 13.2 Å². The van der Waals surface area contributed by atoms with E-state index in [2.05, 4.69) is 5.32 Å². The van der Waals surface area contributed by atoms with Crippen LogP contribution in [0.25, 0.3) is 0 Å². The van der Waals surface area contributed by atoms with E-state index in [0.717, 1.165) is 39.0 Å². The lowest BCUT2D eigenvalue weighted by Crippen LogP contribution is -2.32. The highest BCUT2D eigenvalue weighted by molar-refractivity contribution is 7.89. The summed E-state index contributed by atoms with van der Waals surface area (Å²) < 4.78 is 25.4. The fourth-order valence-corrected chi connectivity index (χ4v) is 4.49. The number of nitrogens with zero attached hydrogens (tertiary/aromatic N) is 2. The highest BCUT2D eigenvalue weighted by Gasteiger charge is 2.31. The van der Waals surface area contributed by atoms with Crippen LogP contribution in [0.5, 0.6) is 0 Å². The Morgan fingerprint density at radius 2 is 1.62 bits per heavy atom. The first-order valence-corrected chi connectivity index (χ1v) is 9.86. The van der Waals surface area contributed by atoms with E-state index in [1.54, 1.807) is 12.1 Å². The zero-order chi connectivity index (χ0) is 17.3. The monoisotopic (exact) mass is 351 g/mol. The molecular formula is C17H25N3O3S. The van der Waals surface area contributed by atoms with Gasteiger partial charge in [0.15, 0.2) is 0 Å².